The maximum Gasteiger partial charge on any atom is 0.240 e. The number of anilines is 1. The van der Waals surface area contributed by atoms with Crippen LogP contribution >= 0.6 is 23.4 Å². The molecule has 5 rings (SSSR count). The summed E-state index contributed by atoms with van der Waals surface area (Å²) in [6.07, 6.45) is 0. The van der Waals surface area contributed by atoms with Crippen LogP contribution in [0.25, 0.3) is 11.4 Å². The van der Waals surface area contributed by atoms with Crippen LogP contribution in [0.1, 0.15) is 11.6 Å². The van der Waals surface area contributed by atoms with Gasteiger partial charge >= 0.3 is 0 Å². The Bertz CT molecular complexity index is 1350. The lowest BCUT2D eigenvalue weighted by atomic mass is 10.0. The number of fused-ring (bicyclic) bond motifs is 1. The summed E-state index contributed by atoms with van der Waals surface area (Å²) < 4.78 is 21.2. The van der Waals surface area contributed by atoms with E-state index < -0.39 is 17.1 Å². The number of methoxy groups -OCH3 is 1. The zero-order valence-electron chi connectivity index (χ0n) is 17.9. The molecular weight excluding hydrogens is 477 g/mol. The molecule has 4 aromatic rings. The van der Waals surface area contributed by atoms with Gasteiger partial charge in [-0.2, -0.15) is 0 Å². The predicted octanol–water partition coefficient (Wildman–Crippen LogP) is 5.14. The fourth-order valence-corrected chi connectivity index (χ4v) is 5.07. The Morgan fingerprint density at radius 1 is 1.12 bits per heavy atom. The molecule has 34 heavy (non-hydrogen) atoms. The zero-order chi connectivity index (χ0) is 23.7. The van der Waals surface area contributed by atoms with Crippen LogP contribution in [0.3, 0.4) is 0 Å². The fourth-order valence-electron chi connectivity index (χ4n) is 3.72. The standard InChI is InChI=1S/C24H19ClFN5O2S/c1-33-19-12-11-15(13-16(19)25)20-21(23(32)27-18-10-6-5-9-17(18)26)34-24-29-28-22(31(24)30-20)14-7-3-2-4-8-14/h2-13,20-21,30H,1H3,(H,27,32)/t20-,21+/m1/s1. The predicted molar refractivity (Wildman–Crippen MR) is 130 cm³/mol. The van der Waals surface area contributed by atoms with Crippen LogP contribution in [0.4, 0.5) is 10.1 Å². The van der Waals surface area contributed by atoms with Crippen molar-refractivity contribution < 1.29 is 13.9 Å². The lowest BCUT2D eigenvalue weighted by molar-refractivity contribution is -0.116. The Balaban J connectivity index is 1.54. The fraction of sp³-hybridized carbons (Fsp3) is 0.125. The number of ether oxygens (including phenoxy) is 1. The molecule has 1 aliphatic heterocycles. The highest BCUT2D eigenvalue weighted by atomic mass is 35.5. The number of hydrogen-bond acceptors (Lipinski definition) is 6. The number of benzene rings is 3. The molecule has 0 spiro atoms. The van der Waals surface area contributed by atoms with E-state index in [4.69, 9.17) is 16.3 Å². The number of hydrogen-bond donors (Lipinski definition) is 2. The van der Waals surface area contributed by atoms with Gasteiger partial charge in [0, 0.05) is 5.56 Å². The number of halogens is 2. The van der Waals surface area contributed by atoms with Crippen molar-refractivity contribution in [3.8, 4) is 17.1 Å². The van der Waals surface area contributed by atoms with E-state index in [0.717, 1.165) is 11.1 Å². The van der Waals surface area contributed by atoms with Gasteiger partial charge in [-0.25, -0.2) is 9.07 Å². The molecule has 0 saturated carbocycles. The van der Waals surface area contributed by atoms with Crippen LogP contribution in [-0.2, 0) is 4.79 Å². The number of para-hydroxylation sites is 1. The maximum atomic E-state index is 14.2. The third kappa shape index (κ3) is 4.20. The highest BCUT2D eigenvalue weighted by molar-refractivity contribution is 8.00. The maximum absolute atomic E-state index is 14.2. The molecule has 10 heteroatoms. The molecule has 0 unspecified atom stereocenters. The topological polar surface area (TPSA) is 81.1 Å². The first-order valence-corrected chi connectivity index (χ1v) is 11.6. The van der Waals surface area contributed by atoms with E-state index in [0.29, 0.717) is 21.8 Å². The lowest BCUT2D eigenvalue weighted by Crippen LogP contribution is -2.41. The van der Waals surface area contributed by atoms with Crippen LogP contribution in [0.15, 0.2) is 78.0 Å². The molecule has 1 aliphatic rings. The lowest BCUT2D eigenvalue weighted by Gasteiger charge is -2.33. The van der Waals surface area contributed by atoms with Gasteiger partial charge in [0.05, 0.1) is 23.9 Å². The smallest absolute Gasteiger partial charge is 0.240 e. The van der Waals surface area contributed by atoms with Crippen LogP contribution in [0, 0.1) is 5.82 Å². The van der Waals surface area contributed by atoms with Crippen molar-refractivity contribution in [2.45, 2.75) is 16.4 Å². The number of carbonyl (C=O) groups is 1. The molecule has 2 heterocycles. The summed E-state index contributed by atoms with van der Waals surface area (Å²) in [6, 6.07) is 20.5. The van der Waals surface area contributed by atoms with Gasteiger partial charge in [0.15, 0.2) is 5.82 Å². The molecule has 0 fully saturated rings. The van der Waals surface area contributed by atoms with Gasteiger partial charge in [-0.15, -0.1) is 10.2 Å². The zero-order valence-corrected chi connectivity index (χ0v) is 19.5. The molecule has 2 N–H and O–H groups in total. The number of carbonyl (C=O) groups excluding carboxylic acids is 1. The molecule has 1 amide bonds. The van der Waals surface area contributed by atoms with Gasteiger partial charge in [-0.05, 0) is 29.8 Å². The van der Waals surface area contributed by atoms with Gasteiger partial charge in [0.2, 0.25) is 11.1 Å². The van der Waals surface area contributed by atoms with Crippen molar-refractivity contribution in [2.75, 3.05) is 17.9 Å². The van der Waals surface area contributed by atoms with E-state index in [-0.39, 0.29) is 11.6 Å². The Morgan fingerprint density at radius 2 is 1.88 bits per heavy atom. The highest BCUT2D eigenvalue weighted by Crippen LogP contribution is 2.40. The quantitative estimate of drug-likeness (QED) is 0.399. The number of nitrogens with zero attached hydrogens (tertiary/aromatic N) is 3. The van der Waals surface area contributed by atoms with Crippen molar-refractivity contribution in [1.29, 1.82) is 0 Å². The molecule has 0 aliphatic carbocycles. The number of rotatable bonds is 5. The summed E-state index contributed by atoms with van der Waals surface area (Å²) in [5, 5.41) is 11.5. The summed E-state index contributed by atoms with van der Waals surface area (Å²) in [4.78, 5) is 13.3. The van der Waals surface area contributed by atoms with Crippen LogP contribution < -0.4 is 15.5 Å². The summed E-state index contributed by atoms with van der Waals surface area (Å²) in [6.45, 7) is 0. The second kappa shape index (κ2) is 9.36. The molecule has 1 aromatic heterocycles. The van der Waals surface area contributed by atoms with E-state index in [9.17, 15) is 9.18 Å². The van der Waals surface area contributed by atoms with Crippen LogP contribution in [0.2, 0.25) is 5.02 Å². The Morgan fingerprint density at radius 3 is 2.62 bits per heavy atom. The minimum Gasteiger partial charge on any atom is -0.495 e. The molecule has 0 saturated heterocycles. The summed E-state index contributed by atoms with van der Waals surface area (Å²) in [5.41, 5.74) is 5.11. The Labute approximate surface area is 204 Å². The largest absolute Gasteiger partial charge is 0.495 e. The first-order valence-electron chi connectivity index (χ1n) is 10.4. The third-order valence-corrected chi connectivity index (χ3v) is 6.90. The van der Waals surface area contributed by atoms with Crippen LogP contribution in [0.5, 0.6) is 5.75 Å². The van der Waals surface area contributed by atoms with E-state index in [1.54, 1.807) is 28.9 Å². The molecule has 3 aromatic carbocycles. The summed E-state index contributed by atoms with van der Waals surface area (Å²) in [7, 11) is 1.54. The van der Waals surface area contributed by atoms with E-state index in [2.05, 4.69) is 20.9 Å². The SMILES string of the molecule is COc1ccc([C@H]2Nn3c(nnc3-c3ccccc3)S[C@@H]2C(=O)Nc2ccccc2F)cc1Cl. The van der Waals surface area contributed by atoms with Crippen LogP contribution in [-0.4, -0.2) is 33.1 Å². The minimum absolute atomic E-state index is 0.108. The van der Waals surface area contributed by atoms with Crippen molar-refractivity contribution in [3.05, 3.63) is 89.2 Å². The molecule has 0 radical (unpaired) electrons. The molecular formula is C24H19ClFN5O2S. The third-order valence-electron chi connectivity index (χ3n) is 5.39. The first-order chi connectivity index (χ1) is 16.5. The van der Waals surface area contributed by atoms with Gasteiger partial charge in [-0.1, -0.05) is 71.9 Å². The van der Waals surface area contributed by atoms with Crippen molar-refractivity contribution in [1.82, 2.24) is 14.9 Å². The summed E-state index contributed by atoms with van der Waals surface area (Å²) in [5.74, 6) is 0.245. The molecule has 0 bridgehead atoms. The molecule has 172 valence electrons. The normalized spacial score (nSPS) is 16.9. The number of aromatic nitrogens is 3. The summed E-state index contributed by atoms with van der Waals surface area (Å²) >= 11 is 7.63. The number of thioether (sulfide) groups is 1. The average molecular weight is 496 g/mol. The number of amides is 1. The monoisotopic (exact) mass is 495 g/mol. The van der Waals surface area contributed by atoms with E-state index in [1.807, 2.05) is 36.4 Å². The molecule has 2 atom stereocenters. The first kappa shape index (κ1) is 22.2. The van der Waals surface area contributed by atoms with Gasteiger partial charge < -0.3 is 15.5 Å². The Kier molecular flexibility index (Phi) is 6.12. The van der Waals surface area contributed by atoms with Gasteiger partial charge in [0.25, 0.3) is 0 Å². The molecule has 7 nitrogen and oxygen atoms in total. The van der Waals surface area contributed by atoms with Gasteiger partial charge in [0.1, 0.15) is 16.8 Å². The van der Waals surface area contributed by atoms with Crippen molar-refractivity contribution in [3.63, 3.8) is 0 Å². The highest BCUT2D eigenvalue weighted by Gasteiger charge is 2.38. The minimum atomic E-state index is -0.690. The number of nitrogens with one attached hydrogen (secondary N) is 2. The second-order valence-corrected chi connectivity index (χ2v) is 9.03. The van der Waals surface area contributed by atoms with Crippen molar-refractivity contribution in [2.24, 2.45) is 0 Å². The average Bonchev–Trinajstić information content (AvgIpc) is 3.28. The van der Waals surface area contributed by atoms with Crippen molar-refractivity contribution >= 4 is 35.0 Å². The Hall–Kier alpha value is -3.56. The van der Waals surface area contributed by atoms with E-state index >= 15 is 0 Å². The second-order valence-electron chi connectivity index (χ2n) is 7.52. The van der Waals surface area contributed by atoms with E-state index in [1.165, 1.54) is 31.0 Å². The van der Waals surface area contributed by atoms with Gasteiger partial charge in [-0.3, -0.25) is 4.79 Å².